The summed E-state index contributed by atoms with van der Waals surface area (Å²) in [6, 6.07) is 7.72. The minimum atomic E-state index is -4.92. The number of hydrogen-bond acceptors (Lipinski definition) is 5. The molecular weight excluding hydrogens is 493 g/mol. The first kappa shape index (κ1) is 25.8. The standard InChI is InChI=1S/C26H25F3N2O4S/c1-5-8-31-19-12-16(14(2)9-18(19)25(3,4)13-22(31)32)17-10-15(6-7-20(17)35-26(27,28)29)11-21-23(33)30-24(34)36-21/h6-7,9-12H,5,8,13H2,1-4H3,(H,30,33,34)/b21-11+. The number of rotatable bonds is 5. The number of aryl methyl sites for hydroxylation is 1. The molecule has 36 heavy (non-hydrogen) atoms. The molecule has 1 saturated heterocycles. The second kappa shape index (κ2) is 9.31. The van der Waals surface area contributed by atoms with Gasteiger partial charge in [-0.25, -0.2) is 0 Å². The van der Waals surface area contributed by atoms with Crippen LogP contribution in [0.2, 0.25) is 0 Å². The van der Waals surface area contributed by atoms with Gasteiger partial charge >= 0.3 is 6.36 Å². The monoisotopic (exact) mass is 518 g/mol. The van der Waals surface area contributed by atoms with Crippen LogP contribution in [0.3, 0.4) is 0 Å². The van der Waals surface area contributed by atoms with E-state index in [4.69, 9.17) is 0 Å². The minimum Gasteiger partial charge on any atom is -0.405 e. The maximum absolute atomic E-state index is 13.3. The van der Waals surface area contributed by atoms with E-state index in [1.807, 2.05) is 26.8 Å². The van der Waals surface area contributed by atoms with Crippen LogP contribution in [0.4, 0.5) is 23.7 Å². The third-order valence-corrected chi connectivity index (χ3v) is 6.97. The molecule has 1 N–H and O–H groups in total. The van der Waals surface area contributed by atoms with Gasteiger partial charge in [-0.2, -0.15) is 0 Å². The number of hydrogen-bond donors (Lipinski definition) is 1. The molecule has 0 unspecified atom stereocenters. The number of nitrogens with one attached hydrogen (secondary N) is 1. The molecule has 6 nitrogen and oxygen atoms in total. The Morgan fingerprint density at radius 3 is 2.47 bits per heavy atom. The molecule has 0 radical (unpaired) electrons. The molecule has 2 aromatic carbocycles. The number of ether oxygens (including phenoxy) is 1. The average Bonchev–Trinajstić information content (AvgIpc) is 3.07. The zero-order valence-corrected chi connectivity index (χ0v) is 21.0. The maximum Gasteiger partial charge on any atom is 0.573 e. The molecule has 0 saturated carbocycles. The van der Waals surface area contributed by atoms with Crippen LogP contribution in [0.5, 0.6) is 5.75 Å². The maximum atomic E-state index is 13.3. The molecule has 2 aliphatic rings. The number of alkyl halides is 3. The highest BCUT2D eigenvalue weighted by Crippen LogP contribution is 2.45. The van der Waals surface area contributed by atoms with Gasteiger partial charge in [-0.05, 0) is 71.6 Å². The van der Waals surface area contributed by atoms with Crippen LogP contribution in [0, 0.1) is 6.92 Å². The predicted molar refractivity (Wildman–Crippen MR) is 133 cm³/mol. The molecule has 0 aromatic heterocycles. The summed E-state index contributed by atoms with van der Waals surface area (Å²) in [7, 11) is 0. The molecule has 0 atom stereocenters. The number of nitrogens with zero attached hydrogens (tertiary/aromatic N) is 1. The highest BCUT2D eigenvalue weighted by molar-refractivity contribution is 8.18. The Hall–Kier alpha value is -3.27. The van der Waals surface area contributed by atoms with Crippen molar-refractivity contribution in [3.63, 3.8) is 0 Å². The summed E-state index contributed by atoms with van der Waals surface area (Å²) in [6.45, 7) is 8.19. The molecule has 4 rings (SSSR count). The van der Waals surface area contributed by atoms with Crippen molar-refractivity contribution < 1.29 is 32.3 Å². The molecule has 3 amide bonds. The lowest BCUT2D eigenvalue weighted by molar-refractivity contribution is -0.274. The highest BCUT2D eigenvalue weighted by atomic mass is 32.2. The zero-order valence-electron chi connectivity index (χ0n) is 20.2. The van der Waals surface area contributed by atoms with Crippen molar-refractivity contribution in [2.75, 3.05) is 11.4 Å². The Labute approximate surface area is 210 Å². The van der Waals surface area contributed by atoms with E-state index >= 15 is 0 Å². The predicted octanol–water partition coefficient (Wildman–Crippen LogP) is 6.31. The number of anilines is 1. The number of thioether (sulfide) groups is 1. The molecular formula is C26H25F3N2O4S. The van der Waals surface area contributed by atoms with E-state index < -0.39 is 28.7 Å². The van der Waals surface area contributed by atoms with E-state index in [0.29, 0.717) is 35.3 Å². The fourth-order valence-electron chi connectivity index (χ4n) is 4.56. The third-order valence-electron chi connectivity index (χ3n) is 6.16. The molecule has 2 aliphatic heterocycles. The number of halogens is 3. The van der Waals surface area contributed by atoms with Gasteiger partial charge in [0.05, 0.1) is 4.91 Å². The van der Waals surface area contributed by atoms with Gasteiger partial charge in [-0.3, -0.25) is 19.7 Å². The smallest absolute Gasteiger partial charge is 0.405 e. The molecule has 10 heteroatoms. The van der Waals surface area contributed by atoms with Gasteiger partial charge in [-0.1, -0.05) is 32.9 Å². The van der Waals surface area contributed by atoms with Gasteiger partial charge < -0.3 is 9.64 Å². The molecule has 0 aliphatic carbocycles. The average molecular weight is 519 g/mol. The van der Waals surface area contributed by atoms with Gasteiger partial charge in [-0.15, -0.1) is 13.2 Å². The lowest BCUT2D eigenvalue weighted by Gasteiger charge is -2.39. The summed E-state index contributed by atoms with van der Waals surface area (Å²) in [5.74, 6) is -1.01. The van der Waals surface area contributed by atoms with E-state index in [0.717, 1.165) is 23.7 Å². The lowest BCUT2D eigenvalue weighted by Crippen LogP contribution is -2.42. The van der Waals surface area contributed by atoms with Crippen LogP contribution in [0.1, 0.15) is 50.3 Å². The second-order valence-corrected chi connectivity index (χ2v) is 10.5. The van der Waals surface area contributed by atoms with Crippen molar-refractivity contribution >= 4 is 40.6 Å². The van der Waals surface area contributed by atoms with Crippen molar-refractivity contribution in [2.24, 2.45) is 0 Å². The molecule has 1 fully saturated rings. The van der Waals surface area contributed by atoms with Crippen molar-refractivity contribution in [3.8, 4) is 16.9 Å². The Morgan fingerprint density at radius 2 is 1.86 bits per heavy atom. The minimum absolute atomic E-state index is 0.0386. The van der Waals surface area contributed by atoms with Crippen LogP contribution in [-0.2, 0) is 15.0 Å². The Bertz CT molecular complexity index is 1300. The Morgan fingerprint density at radius 1 is 1.14 bits per heavy atom. The summed E-state index contributed by atoms with van der Waals surface area (Å²) < 4.78 is 44.1. The van der Waals surface area contributed by atoms with Crippen LogP contribution in [-0.4, -0.2) is 30.0 Å². The van der Waals surface area contributed by atoms with Gasteiger partial charge in [0.2, 0.25) is 5.91 Å². The van der Waals surface area contributed by atoms with Crippen molar-refractivity contribution in [1.29, 1.82) is 0 Å². The summed E-state index contributed by atoms with van der Waals surface area (Å²) in [4.78, 5) is 38.2. The van der Waals surface area contributed by atoms with E-state index in [1.165, 1.54) is 24.3 Å². The van der Waals surface area contributed by atoms with Gasteiger partial charge in [0.1, 0.15) is 5.75 Å². The zero-order chi connectivity index (χ0) is 26.4. The van der Waals surface area contributed by atoms with Crippen LogP contribution in [0.25, 0.3) is 17.2 Å². The number of fused-ring (bicyclic) bond motifs is 1. The quantitative estimate of drug-likeness (QED) is 0.470. The molecule has 190 valence electrons. The molecule has 2 aromatic rings. The SMILES string of the molecule is CCCN1C(=O)CC(C)(C)c2cc(C)c(-c3cc(/C=C4/SC(=O)NC4=O)ccc3OC(F)(F)F)cc21. The van der Waals surface area contributed by atoms with Crippen LogP contribution >= 0.6 is 11.8 Å². The summed E-state index contributed by atoms with van der Waals surface area (Å²) in [5, 5.41) is 1.64. The first-order valence-electron chi connectivity index (χ1n) is 11.4. The number of carbonyl (C=O) groups is 3. The number of amides is 3. The van der Waals surface area contributed by atoms with Gasteiger partial charge in [0.25, 0.3) is 11.1 Å². The Balaban J connectivity index is 1.91. The summed E-state index contributed by atoms with van der Waals surface area (Å²) in [6.07, 6.45) is -2.42. The van der Waals surface area contributed by atoms with E-state index in [9.17, 15) is 27.6 Å². The highest BCUT2D eigenvalue weighted by Gasteiger charge is 2.38. The van der Waals surface area contributed by atoms with Crippen molar-refractivity contribution in [2.45, 2.75) is 52.3 Å². The van der Waals surface area contributed by atoms with E-state index in [1.54, 1.807) is 17.9 Å². The summed E-state index contributed by atoms with van der Waals surface area (Å²) >= 11 is 0.718. The lowest BCUT2D eigenvalue weighted by atomic mass is 9.75. The van der Waals surface area contributed by atoms with Crippen molar-refractivity contribution in [3.05, 3.63) is 51.9 Å². The normalized spacial score (nSPS) is 18.5. The number of benzene rings is 2. The Kier molecular flexibility index (Phi) is 6.68. The van der Waals surface area contributed by atoms with Crippen LogP contribution < -0.4 is 15.0 Å². The largest absolute Gasteiger partial charge is 0.573 e. The molecule has 2 heterocycles. The van der Waals surface area contributed by atoms with Crippen LogP contribution in [0.15, 0.2) is 35.2 Å². The molecule has 0 spiro atoms. The first-order chi connectivity index (χ1) is 16.8. The number of carbonyl (C=O) groups excluding carboxylic acids is 3. The number of imide groups is 1. The molecule has 0 bridgehead atoms. The van der Waals surface area contributed by atoms with Crippen molar-refractivity contribution in [1.82, 2.24) is 5.32 Å². The van der Waals surface area contributed by atoms with E-state index in [-0.39, 0.29) is 16.4 Å². The van der Waals surface area contributed by atoms with Gasteiger partial charge in [0, 0.05) is 29.6 Å². The topological polar surface area (TPSA) is 75.7 Å². The first-order valence-corrected chi connectivity index (χ1v) is 12.2. The fourth-order valence-corrected chi connectivity index (χ4v) is 5.24. The van der Waals surface area contributed by atoms with Gasteiger partial charge in [0.15, 0.2) is 0 Å². The fraction of sp³-hybridized carbons (Fsp3) is 0.346. The third kappa shape index (κ3) is 5.13. The van der Waals surface area contributed by atoms with E-state index in [2.05, 4.69) is 10.1 Å². The summed E-state index contributed by atoms with van der Waals surface area (Å²) in [5.41, 5.74) is 2.95. The second-order valence-electron chi connectivity index (χ2n) is 9.45.